The molecule has 5 rings (SSSR count). The molecule has 5 heterocycles. The third kappa shape index (κ3) is 1.03. The first-order valence-corrected chi connectivity index (χ1v) is 6.13. The highest BCUT2D eigenvalue weighted by Gasteiger charge is 2.36. The Morgan fingerprint density at radius 3 is 3.26 bits per heavy atom. The van der Waals surface area contributed by atoms with Crippen molar-refractivity contribution in [3.05, 3.63) is 48.7 Å². The van der Waals surface area contributed by atoms with Crippen LogP contribution in [0.2, 0.25) is 0 Å². The highest BCUT2D eigenvalue weighted by atomic mass is 16.4. The summed E-state index contributed by atoms with van der Waals surface area (Å²) in [5.41, 5.74) is 5.17. The maximum atomic E-state index is 6.04. The fraction of sp³-hybridized carbons (Fsp3) is 0.0714. The van der Waals surface area contributed by atoms with Gasteiger partial charge in [0.1, 0.15) is 0 Å². The second-order valence-electron chi connectivity index (χ2n) is 4.72. The Labute approximate surface area is 107 Å². The van der Waals surface area contributed by atoms with Gasteiger partial charge in [-0.25, -0.2) is 9.97 Å². The minimum absolute atomic E-state index is 0.815. The molecule has 0 unspecified atom stereocenters. The van der Waals surface area contributed by atoms with Crippen LogP contribution in [0.1, 0.15) is 5.56 Å². The van der Waals surface area contributed by atoms with Crippen LogP contribution in [0.3, 0.4) is 0 Å². The Balaban J connectivity index is 1.93. The molecular formula is C14H9N4O+. The van der Waals surface area contributed by atoms with Crippen LogP contribution in [0.25, 0.3) is 28.2 Å². The SMILES string of the molecule is c1cnc2c(c1)C[n+]1c-2oc2c3ccncn3cc21. The molecule has 1 aliphatic heterocycles. The van der Waals surface area contributed by atoms with E-state index in [-0.39, 0.29) is 0 Å². The zero-order valence-corrected chi connectivity index (χ0v) is 9.95. The van der Waals surface area contributed by atoms with E-state index in [2.05, 4.69) is 26.8 Å². The standard InChI is InChI=1S/C14H9N4O/c1-2-9-6-18-11-7-17-8-15-5-3-10(17)13(11)19-14(18)12(9)16-4-1/h1-5,7-8H,6H2/q+1. The molecular weight excluding hydrogens is 240 g/mol. The van der Waals surface area contributed by atoms with Crippen LogP contribution >= 0.6 is 0 Å². The molecule has 19 heavy (non-hydrogen) atoms. The van der Waals surface area contributed by atoms with Crippen LogP contribution in [0.5, 0.6) is 0 Å². The van der Waals surface area contributed by atoms with Crippen LogP contribution in [0, 0.1) is 0 Å². The fourth-order valence-electron chi connectivity index (χ4n) is 2.81. The molecule has 0 saturated heterocycles. The van der Waals surface area contributed by atoms with Gasteiger partial charge in [-0.15, -0.1) is 4.57 Å². The van der Waals surface area contributed by atoms with Crippen LogP contribution in [-0.4, -0.2) is 14.4 Å². The minimum Gasteiger partial charge on any atom is -0.394 e. The zero-order chi connectivity index (χ0) is 12.4. The van der Waals surface area contributed by atoms with Crippen LogP contribution < -0.4 is 4.57 Å². The van der Waals surface area contributed by atoms with Crippen LogP contribution in [0.15, 0.2) is 47.5 Å². The Kier molecular flexibility index (Phi) is 1.46. The number of nitrogens with zero attached hydrogens (tertiary/aromatic N) is 4. The van der Waals surface area contributed by atoms with E-state index in [1.54, 1.807) is 18.7 Å². The van der Waals surface area contributed by atoms with Crippen molar-refractivity contribution in [1.29, 1.82) is 0 Å². The van der Waals surface area contributed by atoms with E-state index in [0.29, 0.717) is 0 Å². The largest absolute Gasteiger partial charge is 0.401 e. The number of hydrogen-bond donors (Lipinski definition) is 0. The number of oxazole rings is 1. The summed E-state index contributed by atoms with van der Waals surface area (Å²) in [5.74, 6) is 0.847. The molecule has 0 saturated carbocycles. The molecule has 0 aromatic carbocycles. The summed E-state index contributed by atoms with van der Waals surface area (Å²) >= 11 is 0. The van der Waals surface area contributed by atoms with E-state index in [4.69, 9.17) is 4.42 Å². The second-order valence-corrected chi connectivity index (χ2v) is 4.72. The predicted octanol–water partition coefficient (Wildman–Crippen LogP) is 1.79. The molecule has 0 atom stereocenters. The van der Waals surface area contributed by atoms with Gasteiger partial charge in [-0.3, -0.25) is 4.40 Å². The van der Waals surface area contributed by atoms with Gasteiger partial charge in [0.15, 0.2) is 12.2 Å². The first-order chi connectivity index (χ1) is 9.42. The Morgan fingerprint density at radius 2 is 2.26 bits per heavy atom. The summed E-state index contributed by atoms with van der Waals surface area (Å²) in [4.78, 5) is 8.54. The maximum absolute atomic E-state index is 6.04. The second kappa shape index (κ2) is 3.00. The summed E-state index contributed by atoms with van der Waals surface area (Å²) in [6.45, 7) is 0.815. The number of rotatable bonds is 0. The summed E-state index contributed by atoms with van der Waals surface area (Å²) in [5, 5.41) is 0. The normalized spacial score (nSPS) is 13.1. The molecule has 0 N–H and O–H groups in total. The highest BCUT2D eigenvalue weighted by molar-refractivity contribution is 5.89. The number of hydrogen-bond acceptors (Lipinski definition) is 3. The number of fused-ring (bicyclic) bond motifs is 7. The van der Waals surface area contributed by atoms with Gasteiger partial charge < -0.3 is 4.42 Å². The van der Waals surface area contributed by atoms with E-state index in [1.165, 1.54) is 5.56 Å². The van der Waals surface area contributed by atoms with Crippen molar-refractivity contribution in [3.63, 3.8) is 0 Å². The molecule has 90 valence electrons. The Hall–Kier alpha value is -2.69. The first-order valence-electron chi connectivity index (χ1n) is 6.13. The third-order valence-electron chi connectivity index (χ3n) is 3.67. The van der Waals surface area contributed by atoms with Crippen molar-refractivity contribution in [3.8, 4) is 11.6 Å². The lowest BCUT2D eigenvalue weighted by Gasteiger charge is -1.90. The maximum Gasteiger partial charge on any atom is 0.401 e. The molecule has 0 radical (unpaired) electrons. The molecule has 5 nitrogen and oxygen atoms in total. The van der Waals surface area contributed by atoms with E-state index < -0.39 is 0 Å². The fourth-order valence-corrected chi connectivity index (χ4v) is 2.81. The van der Waals surface area contributed by atoms with E-state index in [1.807, 2.05) is 16.5 Å². The Morgan fingerprint density at radius 1 is 1.26 bits per heavy atom. The molecule has 0 amide bonds. The van der Waals surface area contributed by atoms with Crippen molar-refractivity contribution in [2.45, 2.75) is 6.54 Å². The van der Waals surface area contributed by atoms with E-state index in [0.717, 1.165) is 34.7 Å². The van der Waals surface area contributed by atoms with Crippen molar-refractivity contribution >= 4 is 16.6 Å². The molecule has 5 heteroatoms. The van der Waals surface area contributed by atoms with Gasteiger partial charge in [-0.05, 0) is 18.2 Å². The minimum atomic E-state index is 0.815. The average molecular weight is 249 g/mol. The monoisotopic (exact) mass is 249 g/mol. The van der Waals surface area contributed by atoms with Gasteiger partial charge in [0, 0.05) is 12.4 Å². The lowest BCUT2D eigenvalue weighted by Crippen LogP contribution is -2.30. The third-order valence-corrected chi connectivity index (χ3v) is 3.67. The van der Waals surface area contributed by atoms with Crippen LogP contribution in [-0.2, 0) is 6.54 Å². The summed E-state index contributed by atoms with van der Waals surface area (Å²) < 4.78 is 10.2. The molecule has 1 aliphatic rings. The topological polar surface area (TPSA) is 47.2 Å². The lowest BCUT2D eigenvalue weighted by atomic mass is 10.2. The van der Waals surface area contributed by atoms with Crippen LogP contribution in [0.4, 0.5) is 0 Å². The van der Waals surface area contributed by atoms with Crippen molar-refractivity contribution in [1.82, 2.24) is 14.4 Å². The zero-order valence-electron chi connectivity index (χ0n) is 9.95. The van der Waals surface area contributed by atoms with Gasteiger partial charge in [-0.1, -0.05) is 0 Å². The number of pyridine rings is 1. The van der Waals surface area contributed by atoms with Crippen molar-refractivity contribution in [2.24, 2.45) is 0 Å². The smallest absolute Gasteiger partial charge is 0.394 e. The highest BCUT2D eigenvalue weighted by Crippen LogP contribution is 2.31. The van der Waals surface area contributed by atoms with Gasteiger partial charge in [0.2, 0.25) is 5.58 Å². The van der Waals surface area contributed by atoms with Gasteiger partial charge >= 0.3 is 5.89 Å². The van der Waals surface area contributed by atoms with Gasteiger partial charge in [0.25, 0.3) is 5.52 Å². The molecule has 0 fully saturated rings. The first kappa shape index (κ1) is 9.27. The lowest BCUT2D eigenvalue weighted by molar-refractivity contribution is -0.649. The van der Waals surface area contributed by atoms with E-state index >= 15 is 0 Å². The molecule has 0 aliphatic carbocycles. The van der Waals surface area contributed by atoms with Crippen molar-refractivity contribution in [2.75, 3.05) is 0 Å². The summed E-state index contributed by atoms with van der Waals surface area (Å²) in [7, 11) is 0. The number of aromatic nitrogens is 4. The van der Waals surface area contributed by atoms with Gasteiger partial charge in [0.05, 0.1) is 23.6 Å². The molecule has 4 aromatic rings. The predicted molar refractivity (Wildman–Crippen MR) is 67.5 cm³/mol. The molecule has 0 bridgehead atoms. The Bertz CT molecular complexity index is 951. The average Bonchev–Trinajstić information content (AvgIpc) is 3.07. The summed E-state index contributed by atoms with van der Waals surface area (Å²) in [6, 6.07) is 6.01. The summed E-state index contributed by atoms with van der Waals surface area (Å²) in [6.07, 6.45) is 7.42. The van der Waals surface area contributed by atoms with E-state index in [9.17, 15) is 0 Å². The van der Waals surface area contributed by atoms with Crippen molar-refractivity contribution < 1.29 is 8.98 Å². The molecule has 4 aromatic heterocycles. The quantitative estimate of drug-likeness (QED) is 0.393. The molecule has 0 spiro atoms. The van der Waals surface area contributed by atoms with Gasteiger partial charge in [-0.2, -0.15) is 0 Å².